The molecule has 0 aromatic carbocycles. The van der Waals surface area contributed by atoms with Gasteiger partial charge in [0.1, 0.15) is 0 Å². The van der Waals surface area contributed by atoms with Gasteiger partial charge in [0.15, 0.2) is 12.5 Å². The van der Waals surface area contributed by atoms with E-state index in [9.17, 15) is 0 Å². The molecule has 2 atom stereocenters. The highest BCUT2D eigenvalue weighted by Gasteiger charge is 2.31. The average molecular weight is 274 g/mol. The Hall–Kier alpha value is -0.120. The van der Waals surface area contributed by atoms with Crippen LogP contribution in [0.5, 0.6) is 0 Å². The molecule has 2 unspecified atom stereocenters. The summed E-state index contributed by atoms with van der Waals surface area (Å²) in [6, 6.07) is 0. The van der Waals surface area contributed by atoms with Gasteiger partial charge >= 0.3 is 0 Å². The molecule has 0 bridgehead atoms. The molecule has 0 N–H and O–H groups in total. The summed E-state index contributed by atoms with van der Waals surface area (Å²) in [5.74, 6) is 0. The normalized spacial score (nSPS) is 15.5. The first-order chi connectivity index (χ1) is 8.96. The Labute approximate surface area is 120 Å². The van der Waals surface area contributed by atoms with Crippen LogP contribution in [0.3, 0.4) is 0 Å². The van der Waals surface area contributed by atoms with Crippen molar-refractivity contribution in [3.8, 4) is 0 Å². The second kappa shape index (κ2) is 10.6. The summed E-state index contributed by atoms with van der Waals surface area (Å²) >= 11 is 0. The van der Waals surface area contributed by atoms with Crippen molar-refractivity contribution in [2.75, 3.05) is 27.3 Å². The summed E-state index contributed by atoms with van der Waals surface area (Å²) in [6.07, 6.45) is 7.67. The van der Waals surface area contributed by atoms with Gasteiger partial charge < -0.3 is 9.47 Å². The highest BCUT2D eigenvalue weighted by atomic mass is 16.5. The number of nitrogens with zero attached hydrogens (tertiary/aromatic N) is 1. The summed E-state index contributed by atoms with van der Waals surface area (Å²) < 4.78 is 12.7. The Balaban J connectivity index is 3.96. The predicted molar refractivity (Wildman–Crippen MR) is 82.0 cm³/mol. The van der Waals surface area contributed by atoms with Crippen LogP contribution in [0.15, 0.2) is 0 Å². The quantitative estimate of drug-likeness (QED) is 0.302. The van der Waals surface area contributed by atoms with Gasteiger partial charge in [-0.2, -0.15) is 0 Å². The third kappa shape index (κ3) is 7.91. The predicted octanol–water partition coefficient (Wildman–Crippen LogP) is 4.17. The minimum atomic E-state index is 0.179. The average Bonchev–Trinajstić information content (AvgIpc) is 2.39. The van der Waals surface area contributed by atoms with E-state index in [1.807, 2.05) is 0 Å². The number of hydrogen-bond donors (Lipinski definition) is 0. The van der Waals surface area contributed by atoms with E-state index in [0.717, 1.165) is 30.5 Å². The van der Waals surface area contributed by atoms with Crippen LogP contribution < -0.4 is 0 Å². The van der Waals surface area contributed by atoms with Gasteiger partial charge in [-0.3, -0.25) is 4.48 Å². The maximum atomic E-state index is 5.95. The second-order valence-corrected chi connectivity index (χ2v) is 5.98. The molecule has 0 fully saturated rings. The molecule has 0 aromatic rings. The molecular formula is C16H36NO2+. The Bertz CT molecular complexity index is 187. The van der Waals surface area contributed by atoms with Gasteiger partial charge in [0.05, 0.1) is 27.3 Å². The Kier molecular flexibility index (Phi) is 10.6. The lowest BCUT2D eigenvalue weighted by Gasteiger charge is -2.40. The van der Waals surface area contributed by atoms with E-state index in [2.05, 4.69) is 41.8 Å². The minimum Gasteiger partial charge on any atom is -0.329 e. The fraction of sp³-hybridized carbons (Fsp3) is 1.00. The molecule has 3 heteroatoms. The van der Waals surface area contributed by atoms with Crippen molar-refractivity contribution in [2.24, 2.45) is 0 Å². The summed E-state index contributed by atoms with van der Waals surface area (Å²) in [7, 11) is 4.38. The lowest BCUT2D eigenvalue weighted by Crippen LogP contribution is -2.55. The van der Waals surface area contributed by atoms with E-state index in [-0.39, 0.29) is 12.5 Å². The smallest absolute Gasteiger partial charge is 0.191 e. The van der Waals surface area contributed by atoms with E-state index in [1.165, 1.54) is 25.7 Å². The minimum absolute atomic E-state index is 0.179. The van der Waals surface area contributed by atoms with Crippen LogP contribution in [-0.2, 0) is 9.47 Å². The molecule has 0 spiro atoms. The molecule has 0 rings (SSSR count). The monoisotopic (exact) mass is 274 g/mol. The number of unbranched alkanes of at least 4 members (excludes halogenated alkanes) is 4. The van der Waals surface area contributed by atoms with Crippen LogP contribution in [-0.4, -0.2) is 44.2 Å². The Morgan fingerprint density at radius 2 is 1.11 bits per heavy atom. The lowest BCUT2D eigenvalue weighted by molar-refractivity contribution is -0.975. The van der Waals surface area contributed by atoms with E-state index in [4.69, 9.17) is 9.47 Å². The van der Waals surface area contributed by atoms with E-state index in [0.29, 0.717) is 0 Å². The van der Waals surface area contributed by atoms with E-state index in [1.54, 1.807) is 0 Å². The molecule has 0 heterocycles. The first-order valence-electron chi connectivity index (χ1n) is 8.03. The lowest BCUT2D eigenvalue weighted by atomic mass is 10.3. The zero-order valence-electron chi connectivity index (χ0n) is 14.1. The molecule has 3 nitrogen and oxygen atoms in total. The molecular weight excluding hydrogens is 238 g/mol. The van der Waals surface area contributed by atoms with Gasteiger partial charge in [0.25, 0.3) is 0 Å². The standard InChI is InChI=1S/C16H36NO2/c1-7-9-11-13-18-15(3)17(5,6)16(4)19-14-12-10-8-2/h15-16H,7-14H2,1-6H3/q+1. The summed E-state index contributed by atoms with van der Waals surface area (Å²) in [6.45, 7) is 10.5. The Morgan fingerprint density at radius 1 is 0.737 bits per heavy atom. The number of rotatable bonds is 12. The van der Waals surface area contributed by atoms with Crippen molar-refractivity contribution in [1.29, 1.82) is 0 Å². The van der Waals surface area contributed by atoms with Crippen LogP contribution in [0.1, 0.15) is 66.2 Å². The van der Waals surface area contributed by atoms with Crippen molar-refractivity contribution >= 4 is 0 Å². The molecule has 0 aliphatic carbocycles. The van der Waals surface area contributed by atoms with Crippen LogP contribution >= 0.6 is 0 Å². The largest absolute Gasteiger partial charge is 0.329 e. The Morgan fingerprint density at radius 3 is 1.42 bits per heavy atom. The van der Waals surface area contributed by atoms with Crippen LogP contribution in [0.25, 0.3) is 0 Å². The maximum Gasteiger partial charge on any atom is 0.191 e. The van der Waals surface area contributed by atoms with Gasteiger partial charge in [-0.05, 0) is 12.8 Å². The molecule has 19 heavy (non-hydrogen) atoms. The molecule has 0 saturated carbocycles. The number of quaternary nitrogens is 1. The summed E-state index contributed by atoms with van der Waals surface area (Å²) in [5, 5.41) is 0. The van der Waals surface area contributed by atoms with Gasteiger partial charge in [0, 0.05) is 13.8 Å². The van der Waals surface area contributed by atoms with Crippen molar-refractivity contribution in [3.05, 3.63) is 0 Å². The van der Waals surface area contributed by atoms with Crippen molar-refractivity contribution in [2.45, 2.75) is 78.7 Å². The van der Waals surface area contributed by atoms with Gasteiger partial charge in [0.2, 0.25) is 0 Å². The second-order valence-electron chi connectivity index (χ2n) is 5.98. The van der Waals surface area contributed by atoms with Gasteiger partial charge in [-0.25, -0.2) is 0 Å². The van der Waals surface area contributed by atoms with E-state index < -0.39 is 0 Å². The molecule has 116 valence electrons. The fourth-order valence-electron chi connectivity index (χ4n) is 1.89. The third-order valence-electron chi connectivity index (χ3n) is 4.09. The summed E-state index contributed by atoms with van der Waals surface area (Å²) in [5.41, 5.74) is 0. The molecule has 0 radical (unpaired) electrons. The SMILES string of the molecule is CCCCCOC(C)[N+](C)(C)C(C)OCCCCC. The molecule has 0 amide bonds. The highest BCUT2D eigenvalue weighted by molar-refractivity contribution is 4.44. The first-order valence-corrected chi connectivity index (χ1v) is 8.03. The topological polar surface area (TPSA) is 18.5 Å². The summed E-state index contributed by atoms with van der Waals surface area (Å²) in [4.78, 5) is 0. The highest BCUT2D eigenvalue weighted by Crippen LogP contribution is 2.16. The first kappa shape index (κ1) is 18.9. The van der Waals surface area contributed by atoms with Crippen LogP contribution in [0, 0.1) is 0 Å². The molecule has 0 aliphatic heterocycles. The molecule has 0 aromatic heterocycles. The third-order valence-corrected chi connectivity index (χ3v) is 4.09. The maximum absolute atomic E-state index is 5.95. The van der Waals surface area contributed by atoms with Crippen LogP contribution in [0.4, 0.5) is 0 Å². The number of hydrogen-bond acceptors (Lipinski definition) is 2. The number of ether oxygens (including phenoxy) is 2. The van der Waals surface area contributed by atoms with Crippen molar-refractivity contribution in [3.63, 3.8) is 0 Å². The van der Waals surface area contributed by atoms with Gasteiger partial charge in [-0.1, -0.05) is 39.5 Å². The van der Waals surface area contributed by atoms with Gasteiger partial charge in [-0.15, -0.1) is 0 Å². The van der Waals surface area contributed by atoms with Crippen molar-refractivity contribution < 1.29 is 14.0 Å². The molecule has 0 aliphatic rings. The van der Waals surface area contributed by atoms with E-state index >= 15 is 0 Å². The molecule has 0 saturated heterocycles. The fourth-order valence-corrected chi connectivity index (χ4v) is 1.89. The van der Waals surface area contributed by atoms with Crippen LogP contribution in [0.2, 0.25) is 0 Å². The van der Waals surface area contributed by atoms with Crippen molar-refractivity contribution in [1.82, 2.24) is 0 Å². The zero-order valence-corrected chi connectivity index (χ0v) is 14.1. The zero-order chi connectivity index (χ0) is 14.7.